The molecule has 0 bridgehead atoms. The van der Waals surface area contributed by atoms with E-state index in [9.17, 15) is 14.7 Å². The average Bonchev–Trinajstić information content (AvgIpc) is 2.97. The summed E-state index contributed by atoms with van der Waals surface area (Å²) in [5, 5.41) is 10.1. The highest BCUT2D eigenvalue weighted by Gasteiger charge is 2.49. The predicted octanol–water partition coefficient (Wildman–Crippen LogP) is 2.59. The van der Waals surface area contributed by atoms with Crippen LogP contribution in [0.4, 0.5) is 0 Å². The molecule has 1 saturated carbocycles. The van der Waals surface area contributed by atoms with Crippen molar-refractivity contribution in [2.75, 3.05) is 6.54 Å². The highest BCUT2D eigenvalue weighted by molar-refractivity contribution is 6.30. The summed E-state index contributed by atoms with van der Waals surface area (Å²) in [6.07, 6.45) is 3.25. The van der Waals surface area contributed by atoms with Crippen molar-refractivity contribution in [2.45, 2.75) is 31.7 Å². The number of rotatable bonds is 3. The van der Waals surface area contributed by atoms with Crippen LogP contribution in [0.5, 0.6) is 0 Å². The lowest BCUT2D eigenvalue weighted by atomic mass is 9.94. The number of halogens is 1. The fourth-order valence-corrected chi connectivity index (χ4v) is 4.01. The lowest BCUT2D eigenvalue weighted by Crippen LogP contribution is -2.43. The van der Waals surface area contributed by atoms with Gasteiger partial charge in [-0.2, -0.15) is 0 Å². The smallest absolute Gasteiger partial charge is 0.326 e. The van der Waals surface area contributed by atoms with Gasteiger partial charge in [0, 0.05) is 11.6 Å². The van der Waals surface area contributed by atoms with Crippen molar-refractivity contribution in [3.05, 3.63) is 34.9 Å². The zero-order valence-electron chi connectivity index (χ0n) is 11.7. The molecular weight excluding hydrogens is 290 g/mol. The van der Waals surface area contributed by atoms with Gasteiger partial charge in [0.25, 0.3) is 0 Å². The number of nitrogens with zero attached hydrogens (tertiary/aromatic N) is 1. The van der Waals surface area contributed by atoms with Gasteiger partial charge in [0.1, 0.15) is 6.04 Å². The van der Waals surface area contributed by atoms with Gasteiger partial charge in [-0.25, -0.2) is 4.79 Å². The molecule has 21 heavy (non-hydrogen) atoms. The second-order valence-corrected chi connectivity index (χ2v) is 6.43. The van der Waals surface area contributed by atoms with E-state index in [1.54, 1.807) is 23.1 Å². The Balaban J connectivity index is 1.76. The Morgan fingerprint density at radius 3 is 2.86 bits per heavy atom. The Bertz CT molecular complexity index is 574. The fraction of sp³-hybridized carbons (Fsp3) is 0.500. The molecule has 0 radical (unpaired) electrons. The van der Waals surface area contributed by atoms with E-state index in [-0.39, 0.29) is 18.2 Å². The van der Waals surface area contributed by atoms with Crippen molar-refractivity contribution < 1.29 is 14.7 Å². The van der Waals surface area contributed by atoms with Crippen molar-refractivity contribution >= 4 is 23.5 Å². The number of amides is 1. The third-order valence-electron chi connectivity index (χ3n) is 4.71. The second kappa shape index (κ2) is 5.68. The summed E-state index contributed by atoms with van der Waals surface area (Å²) in [4.78, 5) is 25.6. The van der Waals surface area contributed by atoms with E-state index in [0.29, 0.717) is 17.5 Å². The maximum atomic E-state index is 12.5. The minimum absolute atomic E-state index is 0.112. The summed E-state index contributed by atoms with van der Waals surface area (Å²) < 4.78 is 0. The molecule has 4 nitrogen and oxygen atoms in total. The summed E-state index contributed by atoms with van der Waals surface area (Å²) in [5.41, 5.74) is 0.827. The number of hydrogen-bond acceptors (Lipinski definition) is 2. The normalized spacial score (nSPS) is 27.7. The molecule has 1 aliphatic heterocycles. The molecule has 1 saturated heterocycles. The number of carbonyl (C=O) groups excluding carboxylic acids is 1. The average molecular weight is 308 g/mol. The Morgan fingerprint density at radius 1 is 1.33 bits per heavy atom. The Kier molecular flexibility index (Phi) is 3.89. The summed E-state index contributed by atoms with van der Waals surface area (Å²) in [5.74, 6) is -0.497. The topological polar surface area (TPSA) is 57.6 Å². The summed E-state index contributed by atoms with van der Waals surface area (Å²) in [6.45, 7) is 0.584. The van der Waals surface area contributed by atoms with Crippen molar-refractivity contribution in [3.8, 4) is 0 Å². The van der Waals surface area contributed by atoms with Gasteiger partial charge in [0.15, 0.2) is 0 Å². The van der Waals surface area contributed by atoms with E-state index in [4.69, 9.17) is 11.6 Å². The fourth-order valence-electron chi connectivity index (χ4n) is 3.80. The quantitative estimate of drug-likeness (QED) is 0.934. The standard InChI is InChI=1S/C16H18ClNO3/c17-12-5-1-3-10(7-12)8-14(19)18-9-11-4-2-6-13(11)15(18)16(20)21/h1,3,5,7,11,13,15H,2,4,6,8-9H2,(H,20,21). The third kappa shape index (κ3) is 2.77. The van der Waals surface area contributed by atoms with Gasteiger partial charge in [-0.05, 0) is 42.4 Å². The van der Waals surface area contributed by atoms with Crippen LogP contribution in [0.25, 0.3) is 0 Å². The van der Waals surface area contributed by atoms with Crippen LogP contribution in [0.3, 0.4) is 0 Å². The van der Waals surface area contributed by atoms with E-state index in [0.717, 1.165) is 24.8 Å². The van der Waals surface area contributed by atoms with Crippen LogP contribution in [0.2, 0.25) is 5.02 Å². The number of carboxylic acids is 1. The monoisotopic (exact) mass is 307 g/mol. The SMILES string of the molecule is O=C(O)C1C2CCCC2CN1C(=O)Cc1cccc(Cl)c1. The molecule has 0 aromatic heterocycles. The summed E-state index contributed by atoms with van der Waals surface area (Å²) in [7, 11) is 0. The first-order chi connectivity index (χ1) is 10.1. The second-order valence-electron chi connectivity index (χ2n) is 5.99. The van der Waals surface area contributed by atoms with Crippen LogP contribution in [-0.2, 0) is 16.0 Å². The van der Waals surface area contributed by atoms with Gasteiger partial charge in [-0.15, -0.1) is 0 Å². The molecule has 0 spiro atoms. The van der Waals surface area contributed by atoms with Gasteiger partial charge in [0.2, 0.25) is 5.91 Å². The van der Waals surface area contributed by atoms with Crippen molar-refractivity contribution in [3.63, 3.8) is 0 Å². The number of hydrogen-bond donors (Lipinski definition) is 1. The van der Waals surface area contributed by atoms with E-state index in [1.165, 1.54) is 0 Å². The lowest BCUT2D eigenvalue weighted by molar-refractivity contribution is -0.149. The summed E-state index contributed by atoms with van der Waals surface area (Å²) >= 11 is 5.93. The molecule has 112 valence electrons. The number of fused-ring (bicyclic) bond motifs is 1. The predicted molar refractivity (Wildman–Crippen MR) is 79.1 cm³/mol. The number of benzene rings is 1. The first kappa shape index (κ1) is 14.4. The Labute approximate surface area is 128 Å². The molecule has 1 aromatic rings. The van der Waals surface area contributed by atoms with E-state index in [2.05, 4.69) is 0 Å². The minimum atomic E-state index is -0.871. The lowest BCUT2D eigenvalue weighted by Gasteiger charge is -2.24. The van der Waals surface area contributed by atoms with Gasteiger partial charge in [0.05, 0.1) is 6.42 Å². The molecule has 3 unspecified atom stereocenters. The van der Waals surface area contributed by atoms with Crippen molar-refractivity contribution in [1.29, 1.82) is 0 Å². The van der Waals surface area contributed by atoms with Crippen molar-refractivity contribution in [1.82, 2.24) is 4.90 Å². The molecule has 3 rings (SSSR count). The van der Waals surface area contributed by atoms with E-state index in [1.807, 2.05) is 6.07 Å². The molecule has 1 N–H and O–H groups in total. The van der Waals surface area contributed by atoms with Gasteiger partial charge >= 0.3 is 5.97 Å². The van der Waals surface area contributed by atoms with E-state index < -0.39 is 12.0 Å². The van der Waals surface area contributed by atoms with Gasteiger partial charge in [-0.3, -0.25) is 4.79 Å². The third-order valence-corrected chi connectivity index (χ3v) is 4.94. The first-order valence-corrected chi connectivity index (χ1v) is 7.71. The Morgan fingerprint density at radius 2 is 2.14 bits per heavy atom. The van der Waals surface area contributed by atoms with E-state index >= 15 is 0 Å². The maximum absolute atomic E-state index is 12.5. The zero-order valence-corrected chi connectivity index (χ0v) is 12.4. The van der Waals surface area contributed by atoms with Gasteiger partial charge < -0.3 is 10.0 Å². The van der Waals surface area contributed by atoms with Crippen LogP contribution in [-0.4, -0.2) is 34.5 Å². The largest absolute Gasteiger partial charge is 0.480 e. The molecular formula is C16H18ClNO3. The molecule has 5 heteroatoms. The molecule has 1 amide bonds. The molecule has 2 aliphatic rings. The van der Waals surface area contributed by atoms with Crippen LogP contribution in [0.15, 0.2) is 24.3 Å². The molecule has 1 aliphatic carbocycles. The first-order valence-electron chi connectivity index (χ1n) is 7.33. The summed E-state index contributed by atoms with van der Waals surface area (Å²) in [6, 6.07) is 6.51. The maximum Gasteiger partial charge on any atom is 0.326 e. The highest BCUT2D eigenvalue weighted by Crippen LogP contribution is 2.42. The van der Waals surface area contributed by atoms with Crippen LogP contribution in [0, 0.1) is 11.8 Å². The molecule has 2 fully saturated rings. The van der Waals surface area contributed by atoms with Crippen LogP contribution >= 0.6 is 11.6 Å². The zero-order chi connectivity index (χ0) is 15.0. The van der Waals surface area contributed by atoms with Gasteiger partial charge in [-0.1, -0.05) is 30.2 Å². The van der Waals surface area contributed by atoms with Crippen LogP contribution < -0.4 is 0 Å². The molecule has 3 atom stereocenters. The highest BCUT2D eigenvalue weighted by atomic mass is 35.5. The number of carbonyl (C=O) groups is 2. The molecule has 1 heterocycles. The Hall–Kier alpha value is -1.55. The van der Waals surface area contributed by atoms with Crippen LogP contribution in [0.1, 0.15) is 24.8 Å². The number of likely N-dealkylation sites (tertiary alicyclic amines) is 1. The number of aliphatic carboxylic acids is 1. The molecule has 1 aromatic carbocycles. The number of carboxylic acid groups (broad SMARTS) is 1. The minimum Gasteiger partial charge on any atom is -0.480 e. The van der Waals surface area contributed by atoms with Crippen molar-refractivity contribution in [2.24, 2.45) is 11.8 Å².